The van der Waals surface area contributed by atoms with E-state index >= 15 is 0 Å². The Morgan fingerprint density at radius 3 is 2.45 bits per heavy atom. The van der Waals surface area contributed by atoms with E-state index in [0.29, 0.717) is 0 Å². The van der Waals surface area contributed by atoms with Crippen molar-refractivity contribution in [2.45, 2.75) is 52.4 Å². The van der Waals surface area contributed by atoms with Gasteiger partial charge >= 0.3 is 0 Å². The fourth-order valence-electron chi connectivity index (χ4n) is 2.05. The van der Waals surface area contributed by atoms with Crippen LogP contribution in [0.25, 0.3) is 0 Å². The minimum atomic E-state index is 0.898. The van der Waals surface area contributed by atoms with Crippen molar-refractivity contribution in [1.29, 1.82) is 0 Å². The van der Waals surface area contributed by atoms with Crippen LogP contribution < -0.4 is 0 Å². The van der Waals surface area contributed by atoms with Gasteiger partial charge in [-0.2, -0.15) is 0 Å². The van der Waals surface area contributed by atoms with Gasteiger partial charge in [-0.3, -0.25) is 0 Å². The highest BCUT2D eigenvalue weighted by Crippen LogP contribution is 2.27. The van der Waals surface area contributed by atoms with Crippen molar-refractivity contribution in [2.75, 3.05) is 0 Å². The van der Waals surface area contributed by atoms with Gasteiger partial charge in [-0.25, -0.2) is 0 Å². The van der Waals surface area contributed by atoms with Crippen molar-refractivity contribution in [3.8, 4) is 0 Å². The molecule has 0 aromatic rings. The molecular formula is C11H20. The van der Waals surface area contributed by atoms with Gasteiger partial charge in [0.25, 0.3) is 0 Å². The van der Waals surface area contributed by atoms with E-state index in [4.69, 9.17) is 0 Å². The first-order valence-electron chi connectivity index (χ1n) is 5.07. The molecule has 0 fully saturated rings. The lowest BCUT2D eigenvalue weighted by atomic mass is 9.86. The van der Waals surface area contributed by atoms with Crippen molar-refractivity contribution in [3.63, 3.8) is 0 Å². The molecule has 11 heavy (non-hydrogen) atoms. The van der Waals surface area contributed by atoms with E-state index in [9.17, 15) is 0 Å². The summed E-state index contributed by atoms with van der Waals surface area (Å²) in [5, 5.41) is 0. The van der Waals surface area contributed by atoms with Crippen LogP contribution in [0.2, 0.25) is 0 Å². The van der Waals surface area contributed by atoms with E-state index in [-0.39, 0.29) is 0 Å². The van der Waals surface area contributed by atoms with E-state index in [1.54, 1.807) is 5.57 Å². The van der Waals surface area contributed by atoms with E-state index in [1.165, 1.54) is 38.5 Å². The first-order valence-corrected chi connectivity index (χ1v) is 5.07. The lowest BCUT2D eigenvalue weighted by Gasteiger charge is -2.20. The summed E-state index contributed by atoms with van der Waals surface area (Å²) in [7, 11) is 0. The fraction of sp³-hybridized carbons (Fsp3) is 0.818. The Labute approximate surface area is 70.7 Å². The SMILES string of the molecule is CCC(CC)C1=CCCCC1. The standard InChI is InChI=1S/C11H20/c1-3-10(4-2)11-8-6-5-7-9-11/h8,10H,3-7,9H2,1-2H3. The minimum absolute atomic E-state index is 0.898. The molecule has 0 aliphatic heterocycles. The topological polar surface area (TPSA) is 0 Å². The summed E-state index contributed by atoms with van der Waals surface area (Å²) in [4.78, 5) is 0. The zero-order chi connectivity index (χ0) is 8.10. The highest BCUT2D eigenvalue weighted by atomic mass is 14.2. The highest BCUT2D eigenvalue weighted by Gasteiger charge is 2.11. The van der Waals surface area contributed by atoms with E-state index < -0.39 is 0 Å². The molecule has 0 heterocycles. The Bertz CT molecular complexity index is 129. The van der Waals surface area contributed by atoms with Gasteiger partial charge in [0.1, 0.15) is 0 Å². The molecule has 0 heteroatoms. The molecule has 1 aliphatic carbocycles. The molecule has 0 radical (unpaired) electrons. The predicted octanol–water partition coefficient (Wildman–Crippen LogP) is 3.92. The van der Waals surface area contributed by atoms with Crippen LogP contribution in [0.5, 0.6) is 0 Å². The van der Waals surface area contributed by atoms with Crippen LogP contribution in [0.15, 0.2) is 11.6 Å². The van der Waals surface area contributed by atoms with Crippen LogP contribution in [0.1, 0.15) is 52.4 Å². The molecule has 0 aromatic carbocycles. The Balaban J connectivity index is 2.48. The fourth-order valence-corrected chi connectivity index (χ4v) is 2.05. The zero-order valence-corrected chi connectivity index (χ0v) is 7.90. The lowest BCUT2D eigenvalue weighted by molar-refractivity contribution is 0.521. The largest absolute Gasteiger partial charge is 0.0851 e. The number of allylic oxidation sites excluding steroid dienone is 2. The van der Waals surface area contributed by atoms with Gasteiger partial charge in [0.05, 0.1) is 0 Å². The Morgan fingerprint density at radius 1 is 1.27 bits per heavy atom. The lowest BCUT2D eigenvalue weighted by Crippen LogP contribution is -2.04. The second kappa shape index (κ2) is 4.58. The maximum Gasteiger partial charge on any atom is -0.0208 e. The van der Waals surface area contributed by atoms with Crippen LogP contribution in [0.3, 0.4) is 0 Å². The molecule has 0 saturated carbocycles. The van der Waals surface area contributed by atoms with Gasteiger partial charge in [-0.05, 0) is 44.4 Å². The van der Waals surface area contributed by atoms with Crippen molar-refractivity contribution >= 4 is 0 Å². The molecule has 0 saturated heterocycles. The first-order chi connectivity index (χ1) is 5.38. The molecule has 0 bridgehead atoms. The minimum Gasteiger partial charge on any atom is -0.0851 e. The number of rotatable bonds is 3. The Hall–Kier alpha value is -0.260. The van der Waals surface area contributed by atoms with Gasteiger partial charge < -0.3 is 0 Å². The molecule has 0 aromatic heterocycles. The molecule has 0 spiro atoms. The summed E-state index contributed by atoms with van der Waals surface area (Å²) in [5.41, 5.74) is 1.75. The second-order valence-corrected chi connectivity index (χ2v) is 3.54. The third kappa shape index (κ3) is 2.36. The van der Waals surface area contributed by atoms with Crippen molar-refractivity contribution < 1.29 is 0 Å². The summed E-state index contributed by atoms with van der Waals surface area (Å²) in [6, 6.07) is 0. The summed E-state index contributed by atoms with van der Waals surface area (Å²) < 4.78 is 0. The van der Waals surface area contributed by atoms with Gasteiger partial charge in [0.2, 0.25) is 0 Å². The van der Waals surface area contributed by atoms with Gasteiger partial charge in [-0.1, -0.05) is 25.5 Å². The molecule has 0 amide bonds. The van der Waals surface area contributed by atoms with Crippen LogP contribution >= 0.6 is 0 Å². The predicted molar refractivity (Wildman–Crippen MR) is 50.6 cm³/mol. The quantitative estimate of drug-likeness (QED) is 0.538. The average Bonchev–Trinajstić information content (AvgIpc) is 2.09. The van der Waals surface area contributed by atoms with E-state index in [0.717, 1.165) is 5.92 Å². The summed E-state index contributed by atoms with van der Waals surface area (Å²) >= 11 is 0. The van der Waals surface area contributed by atoms with Crippen LogP contribution in [-0.4, -0.2) is 0 Å². The molecule has 1 aliphatic rings. The Kier molecular flexibility index (Phi) is 3.68. The maximum atomic E-state index is 2.49. The van der Waals surface area contributed by atoms with Crippen molar-refractivity contribution in [2.24, 2.45) is 5.92 Å². The van der Waals surface area contributed by atoms with Gasteiger partial charge in [0.15, 0.2) is 0 Å². The molecular weight excluding hydrogens is 132 g/mol. The van der Waals surface area contributed by atoms with Gasteiger partial charge in [0, 0.05) is 0 Å². The van der Waals surface area contributed by atoms with E-state index in [2.05, 4.69) is 19.9 Å². The van der Waals surface area contributed by atoms with Crippen molar-refractivity contribution in [1.82, 2.24) is 0 Å². The third-order valence-electron chi connectivity index (χ3n) is 2.84. The monoisotopic (exact) mass is 152 g/mol. The highest BCUT2D eigenvalue weighted by molar-refractivity contribution is 5.08. The normalized spacial score (nSPS) is 18.6. The van der Waals surface area contributed by atoms with Crippen LogP contribution in [0.4, 0.5) is 0 Å². The van der Waals surface area contributed by atoms with Crippen molar-refractivity contribution in [3.05, 3.63) is 11.6 Å². The molecule has 0 N–H and O–H groups in total. The summed E-state index contributed by atoms with van der Waals surface area (Å²) in [5.74, 6) is 0.898. The van der Waals surface area contributed by atoms with E-state index in [1.807, 2.05) is 0 Å². The average molecular weight is 152 g/mol. The number of hydrogen-bond acceptors (Lipinski definition) is 0. The summed E-state index contributed by atoms with van der Waals surface area (Å²) in [6.07, 6.45) is 10.7. The van der Waals surface area contributed by atoms with Crippen LogP contribution in [-0.2, 0) is 0 Å². The molecule has 0 unspecified atom stereocenters. The number of hydrogen-bond donors (Lipinski definition) is 0. The maximum absolute atomic E-state index is 2.49. The summed E-state index contributed by atoms with van der Waals surface area (Å²) in [6.45, 7) is 4.62. The zero-order valence-electron chi connectivity index (χ0n) is 7.90. The Morgan fingerprint density at radius 2 is 2.00 bits per heavy atom. The third-order valence-corrected chi connectivity index (χ3v) is 2.84. The second-order valence-electron chi connectivity index (χ2n) is 3.54. The first kappa shape index (κ1) is 8.83. The molecule has 64 valence electrons. The van der Waals surface area contributed by atoms with Gasteiger partial charge in [-0.15, -0.1) is 0 Å². The molecule has 0 nitrogen and oxygen atoms in total. The van der Waals surface area contributed by atoms with Crippen LogP contribution in [0, 0.1) is 5.92 Å². The molecule has 0 atom stereocenters. The molecule has 1 rings (SSSR count). The smallest absolute Gasteiger partial charge is 0.0208 e.